The first-order valence-corrected chi connectivity index (χ1v) is 12.8. The van der Waals surface area contributed by atoms with E-state index in [1.807, 2.05) is 75.4 Å². The predicted octanol–water partition coefficient (Wildman–Crippen LogP) is 6.24. The van der Waals surface area contributed by atoms with Crippen LogP contribution < -0.4 is 10.1 Å². The van der Waals surface area contributed by atoms with Crippen molar-refractivity contribution in [1.29, 1.82) is 0 Å². The van der Waals surface area contributed by atoms with Crippen molar-refractivity contribution in [3.8, 4) is 5.75 Å². The van der Waals surface area contributed by atoms with Crippen molar-refractivity contribution in [3.05, 3.63) is 99.5 Å². The summed E-state index contributed by atoms with van der Waals surface area (Å²) in [6.07, 6.45) is 1.10. The standard InChI is InChI=1S/C29H32Cl2N2O3/c1-4-21(3)32-29(35)26(17-22-12-6-5-7-13-22)33(18-23-24(30)14-10-15-25(23)31)28(34)19-36-27-16-9-8-11-20(27)2/h5-16,21,26H,4,17-19H2,1-3H3,(H,32,35)/t21-,26+/m1/s1. The molecule has 0 radical (unpaired) electrons. The zero-order valence-corrected chi connectivity index (χ0v) is 22.4. The van der Waals surface area contributed by atoms with Gasteiger partial charge in [0.25, 0.3) is 5.91 Å². The number of rotatable bonds is 11. The molecule has 2 atom stereocenters. The number of halogens is 2. The summed E-state index contributed by atoms with van der Waals surface area (Å²) >= 11 is 12.9. The molecule has 0 bridgehead atoms. The highest BCUT2D eigenvalue weighted by molar-refractivity contribution is 6.36. The van der Waals surface area contributed by atoms with Crippen LogP contribution in [0.25, 0.3) is 0 Å². The number of para-hydroxylation sites is 1. The topological polar surface area (TPSA) is 58.6 Å². The minimum Gasteiger partial charge on any atom is -0.484 e. The van der Waals surface area contributed by atoms with Crippen molar-refractivity contribution in [2.75, 3.05) is 6.61 Å². The minimum absolute atomic E-state index is 0.0418. The van der Waals surface area contributed by atoms with E-state index in [1.54, 1.807) is 18.2 Å². The van der Waals surface area contributed by atoms with E-state index in [2.05, 4.69) is 5.32 Å². The first-order chi connectivity index (χ1) is 17.3. The molecule has 0 aliphatic carbocycles. The van der Waals surface area contributed by atoms with Crippen molar-refractivity contribution in [3.63, 3.8) is 0 Å². The van der Waals surface area contributed by atoms with Crippen LogP contribution in [0.15, 0.2) is 72.8 Å². The number of carbonyl (C=O) groups is 2. The van der Waals surface area contributed by atoms with Crippen molar-refractivity contribution in [2.45, 2.75) is 52.2 Å². The number of benzene rings is 3. The Labute approximate surface area is 223 Å². The van der Waals surface area contributed by atoms with Gasteiger partial charge in [-0.15, -0.1) is 0 Å². The Morgan fingerprint density at radius 3 is 2.22 bits per heavy atom. The van der Waals surface area contributed by atoms with E-state index in [0.717, 1.165) is 17.5 Å². The molecular formula is C29H32Cl2N2O3. The highest BCUT2D eigenvalue weighted by Crippen LogP contribution is 2.27. The van der Waals surface area contributed by atoms with Crippen LogP contribution in [0.2, 0.25) is 10.0 Å². The van der Waals surface area contributed by atoms with E-state index < -0.39 is 6.04 Å². The SMILES string of the molecule is CC[C@@H](C)NC(=O)[C@H](Cc1ccccc1)N(Cc1c(Cl)cccc1Cl)C(=O)COc1ccccc1C. The lowest BCUT2D eigenvalue weighted by molar-refractivity contribution is -0.143. The van der Waals surface area contributed by atoms with E-state index in [9.17, 15) is 9.59 Å². The van der Waals surface area contributed by atoms with Crippen molar-refractivity contribution < 1.29 is 14.3 Å². The van der Waals surface area contributed by atoms with Gasteiger partial charge in [0.15, 0.2) is 6.61 Å². The first-order valence-electron chi connectivity index (χ1n) is 12.0. The van der Waals surface area contributed by atoms with Gasteiger partial charge in [-0.2, -0.15) is 0 Å². The van der Waals surface area contributed by atoms with Crippen LogP contribution in [0.3, 0.4) is 0 Å². The highest BCUT2D eigenvalue weighted by Gasteiger charge is 2.32. The smallest absolute Gasteiger partial charge is 0.261 e. The number of aryl methyl sites for hydroxylation is 1. The van der Waals surface area contributed by atoms with Gasteiger partial charge in [0.05, 0.1) is 0 Å². The molecule has 0 saturated carbocycles. The number of carbonyl (C=O) groups excluding carboxylic acids is 2. The fourth-order valence-electron chi connectivity index (χ4n) is 3.79. The summed E-state index contributed by atoms with van der Waals surface area (Å²) in [5.41, 5.74) is 2.44. The average Bonchev–Trinajstić information content (AvgIpc) is 2.87. The summed E-state index contributed by atoms with van der Waals surface area (Å²) in [4.78, 5) is 28.7. The van der Waals surface area contributed by atoms with E-state index in [1.165, 1.54) is 4.90 Å². The molecule has 190 valence electrons. The van der Waals surface area contributed by atoms with Crippen molar-refractivity contribution in [1.82, 2.24) is 10.2 Å². The monoisotopic (exact) mass is 526 g/mol. The third-order valence-electron chi connectivity index (χ3n) is 6.11. The molecule has 0 heterocycles. The second kappa shape index (κ2) is 13.3. The summed E-state index contributed by atoms with van der Waals surface area (Å²) in [6, 6.07) is 21.5. The van der Waals surface area contributed by atoms with E-state index in [4.69, 9.17) is 27.9 Å². The minimum atomic E-state index is -0.790. The number of amides is 2. The Morgan fingerprint density at radius 2 is 1.58 bits per heavy atom. The molecule has 0 fully saturated rings. The zero-order valence-electron chi connectivity index (χ0n) is 20.8. The molecule has 3 rings (SSSR count). The number of hydrogen-bond donors (Lipinski definition) is 1. The van der Waals surface area contributed by atoms with Gasteiger partial charge < -0.3 is 15.0 Å². The number of ether oxygens (including phenoxy) is 1. The fourth-order valence-corrected chi connectivity index (χ4v) is 4.31. The lowest BCUT2D eigenvalue weighted by Crippen LogP contribution is -2.53. The maximum atomic E-state index is 13.7. The predicted molar refractivity (Wildman–Crippen MR) is 146 cm³/mol. The van der Waals surface area contributed by atoms with Crippen molar-refractivity contribution in [2.24, 2.45) is 0 Å². The highest BCUT2D eigenvalue weighted by atomic mass is 35.5. The van der Waals surface area contributed by atoms with Crippen LogP contribution in [0.5, 0.6) is 5.75 Å². The summed E-state index contributed by atoms with van der Waals surface area (Å²) < 4.78 is 5.87. The summed E-state index contributed by atoms with van der Waals surface area (Å²) in [7, 11) is 0. The molecule has 2 amide bonds. The molecule has 5 nitrogen and oxygen atoms in total. The van der Waals surface area contributed by atoms with Gasteiger partial charge in [-0.05, 0) is 49.6 Å². The Kier molecular flexibility index (Phi) is 10.2. The molecular weight excluding hydrogens is 495 g/mol. The van der Waals surface area contributed by atoms with Gasteiger partial charge in [-0.25, -0.2) is 0 Å². The van der Waals surface area contributed by atoms with Gasteiger partial charge in [0.2, 0.25) is 5.91 Å². The number of hydrogen-bond acceptors (Lipinski definition) is 3. The maximum absolute atomic E-state index is 13.7. The van der Waals surface area contributed by atoms with Gasteiger partial charge >= 0.3 is 0 Å². The normalized spacial score (nSPS) is 12.5. The van der Waals surface area contributed by atoms with Gasteiger partial charge in [-0.1, -0.05) is 84.7 Å². The van der Waals surface area contributed by atoms with Crippen LogP contribution in [-0.4, -0.2) is 35.4 Å². The number of nitrogens with zero attached hydrogens (tertiary/aromatic N) is 1. The lowest BCUT2D eigenvalue weighted by Gasteiger charge is -2.32. The molecule has 0 aliphatic rings. The largest absolute Gasteiger partial charge is 0.484 e. The second-order valence-electron chi connectivity index (χ2n) is 8.80. The summed E-state index contributed by atoms with van der Waals surface area (Å²) in [5.74, 6) is 0.0420. The summed E-state index contributed by atoms with van der Waals surface area (Å²) in [6.45, 7) is 5.70. The average molecular weight is 527 g/mol. The molecule has 0 unspecified atom stereocenters. The number of nitrogens with one attached hydrogen (secondary N) is 1. The van der Waals surface area contributed by atoms with Crippen molar-refractivity contribution >= 4 is 35.0 Å². The lowest BCUT2D eigenvalue weighted by atomic mass is 10.0. The third-order valence-corrected chi connectivity index (χ3v) is 6.82. The van der Waals surface area contributed by atoms with E-state index in [0.29, 0.717) is 27.8 Å². The van der Waals surface area contributed by atoms with Crippen LogP contribution in [0.1, 0.15) is 37.0 Å². The zero-order chi connectivity index (χ0) is 26.1. The molecule has 0 aliphatic heterocycles. The summed E-state index contributed by atoms with van der Waals surface area (Å²) in [5, 5.41) is 3.91. The third kappa shape index (κ3) is 7.49. The van der Waals surface area contributed by atoms with Crippen LogP contribution in [0, 0.1) is 6.92 Å². The van der Waals surface area contributed by atoms with Gasteiger partial charge in [0.1, 0.15) is 11.8 Å². The van der Waals surface area contributed by atoms with Crippen LogP contribution in [-0.2, 0) is 22.6 Å². The fraction of sp³-hybridized carbons (Fsp3) is 0.310. The Morgan fingerprint density at radius 1 is 0.944 bits per heavy atom. The quantitative estimate of drug-likeness (QED) is 0.322. The van der Waals surface area contributed by atoms with Gasteiger partial charge in [0, 0.05) is 34.6 Å². The van der Waals surface area contributed by atoms with E-state index >= 15 is 0 Å². The molecule has 3 aromatic carbocycles. The maximum Gasteiger partial charge on any atom is 0.261 e. The molecule has 7 heteroatoms. The Bertz CT molecular complexity index is 1150. The molecule has 0 aromatic heterocycles. The molecule has 36 heavy (non-hydrogen) atoms. The first kappa shape index (κ1) is 27.6. The Hall–Kier alpha value is -3.02. The van der Waals surface area contributed by atoms with Gasteiger partial charge in [-0.3, -0.25) is 9.59 Å². The molecule has 0 saturated heterocycles. The molecule has 3 aromatic rings. The van der Waals surface area contributed by atoms with E-state index in [-0.39, 0.29) is 31.0 Å². The Balaban J connectivity index is 1.97. The van der Waals surface area contributed by atoms with Crippen LogP contribution >= 0.6 is 23.2 Å². The molecule has 0 spiro atoms. The molecule has 1 N–H and O–H groups in total. The van der Waals surface area contributed by atoms with Crippen LogP contribution in [0.4, 0.5) is 0 Å². The second-order valence-corrected chi connectivity index (χ2v) is 9.61.